The third kappa shape index (κ3) is 8.04. The number of carbonyl (C=O) groups is 2. The Bertz CT molecular complexity index is 837. The second kappa shape index (κ2) is 13.2. The molecule has 0 unspecified atom stereocenters. The number of nitrogens with zero attached hydrogens (tertiary/aromatic N) is 3. The summed E-state index contributed by atoms with van der Waals surface area (Å²) in [6.45, 7) is 6.82. The van der Waals surface area contributed by atoms with Gasteiger partial charge in [0.25, 0.3) is 0 Å². The SMILES string of the molecule is CCCCN(Cc1cccn1Cc1cccc(C)c1)C(=O)CN(CCOC)C(=O)CCl. The summed E-state index contributed by atoms with van der Waals surface area (Å²) in [5.74, 6) is -0.484. The minimum atomic E-state index is -0.259. The molecule has 2 aromatic rings. The number of methoxy groups -OCH3 is 1. The number of unbranched alkanes of at least 4 members (excludes halogenated alkanes) is 1. The summed E-state index contributed by atoms with van der Waals surface area (Å²) in [6, 6.07) is 12.5. The molecule has 0 spiro atoms. The summed E-state index contributed by atoms with van der Waals surface area (Å²) in [5.41, 5.74) is 3.52. The molecule has 2 amide bonds. The van der Waals surface area contributed by atoms with Crippen molar-refractivity contribution < 1.29 is 14.3 Å². The lowest BCUT2D eigenvalue weighted by atomic mass is 10.1. The van der Waals surface area contributed by atoms with Gasteiger partial charge in [-0.25, -0.2) is 0 Å². The molecule has 1 aromatic carbocycles. The molecule has 1 heterocycles. The van der Waals surface area contributed by atoms with Crippen LogP contribution in [-0.2, 0) is 27.4 Å². The van der Waals surface area contributed by atoms with Crippen molar-refractivity contribution >= 4 is 23.4 Å². The summed E-state index contributed by atoms with van der Waals surface area (Å²) >= 11 is 5.74. The Hall–Kier alpha value is -2.31. The summed E-state index contributed by atoms with van der Waals surface area (Å²) in [4.78, 5) is 28.6. The van der Waals surface area contributed by atoms with E-state index in [2.05, 4.69) is 48.7 Å². The molecule has 0 bridgehead atoms. The Morgan fingerprint density at radius 2 is 1.90 bits per heavy atom. The van der Waals surface area contributed by atoms with Gasteiger partial charge < -0.3 is 19.1 Å². The minimum Gasteiger partial charge on any atom is -0.383 e. The van der Waals surface area contributed by atoms with Gasteiger partial charge in [-0.2, -0.15) is 0 Å². The molecule has 0 atom stereocenters. The number of benzene rings is 1. The molecule has 0 radical (unpaired) electrons. The van der Waals surface area contributed by atoms with Crippen molar-refractivity contribution in [2.45, 2.75) is 39.8 Å². The Morgan fingerprint density at radius 3 is 2.58 bits per heavy atom. The first-order chi connectivity index (χ1) is 15.0. The molecule has 7 heteroatoms. The fourth-order valence-corrected chi connectivity index (χ4v) is 3.60. The van der Waals surface area contributed by atoms with E-state index in [1.165, 1.54) is 16.0 Å². The fraction of sp³-hybridized carbons (Fsp3) is 0.500. The van der Waals surface area contributed by atoms with Gasteiger partial charge >= 0.3 is 0 Å². The van der Waals surface area contributed by atoms with Crippen molar-refractivity contribution in [3.05, 3.63) is 59.4 Å². The zero-order valence-electron chi connectivity index (χ0n) is 18.8. The van der Waals surface area contributed by atoms with E-state index in [-0.39, 0.29) is 24.2 Å². The van der Waals surface area contributed by atoms with Crippen LogP contribution in [0.25, 0.3) is 0 Å². The van der Waals surface area contributed by atoms with Gasteiger partial charge in [0, 0.05) is 38.6 Å². The van der Waals surface area contributed by atoms with Crippen molar-refractivity contribution in [1.82, 2.24) is 14.4 Å². The summed E-state index contributed by atoms with van der Waals surface area (Å²) < 4.78 is 7.25. The molecule has 1 aromatic heterocycles. The van der Waals surface area contributed by atoms with Crippen LogP contribution in [0.5, 0.6) is 0 Å². The Balaban J connectivity index is 2.13. The first-order valence-electron chi connectivity index (χ1n) is 10.8. The van der Waals surface area contributed by atoms with Crippen LogP contribution < -0.4 is 0 Å². The molecule has 0 fully saturated rings. The van der Waals surface area contributed by atoms with E-state index in [0.717, 1.165) is 25.1 Å². The molecule has 0 aliphatic rings. The summed E-state index contributed by atoms with van der Waals surface area (Å²) in [7, 11) is 1.57. The third-order valence-electron chi connectivity index (χ3n) is 5.20. The molecule has 0 saturated carbocycles. The average Bonchev–Trinajstić information content (AvgIpc) is 3.19. The number of aromatic nitrogens is 1. The van der Waals surface area contributed by atoms with Gasteiger partial charge in [0.1, 0.15) is 5.88 Å². The largest absolute Gasteiger partial charge is 0.383 e. The first-order valence-corrected chi connectivity index (χ1v) is 11.3. The predicted molar refractivity (Wildman–Crippen MR) is 124 cm³/mol. The van der Waals surface area contributed by atoms with Gasteiger partial charge in [-0.1, -0.05) is 43.2 Å². The van der Waals surface area contributed by atoms with Gasteiger partial charge in [0.05, 0.1) is 19.7 Å². The van der Waals surface area contributed by atoms with E-state index in [1.807, 2.05) is 17.2 Å². The number of alkyl halides is 1. The van der Waals surface area contributed by atoms with Crippen molar-refractivity contribution in [1.29, 1.82) is 0 Å². The van der Waals surface area contributed by atoms with Crippen LogP contribution in [0, 0.1) is 6.92 Å². The van der Waals surface area contributed by atoms with E-state index in [9.17, 15) is 9.59 Å². The highest BCUT2D eigenvalue weighted by Gasteiger charge is 2.21. The van der Waals surface area contributed by atoms with Gasteiger partial charge in [-0.05, 0) is 31.0 Å². The number of ether oxygens (including phenoxy) is 1. The Morgan fingerprint density at radius 1 is 1.10 bits per heavy atom. The van der Waals surface area contributed by atoms with Gasteiger partial charge in [-0.15, -0.1) is 11.6 Å². The first kappa shape index (κ1) is 25.0. The molecule has 31 heavy (non-hydrogen) atoms. The second-order valence-corrected chi connectivity index (χ2v) is 7.99. The molecular formula is C24H34ClN3O3. The van der Waals surface area contributed by atoms with Gasteiger partial charge in [-0.3, -0.25) is 9.59 Å². The normalized spacial score (nSPS) is 10.8. The highest BCUT2D eigenvalue weighted by molar-refractivity contribution is 6.27. The molecule has 0 aliphatic carbocycles. The maximum atomic E-state index is 13.1. The number of hydrogen-bond donors (Lipinski definition) is 0. The van der Waals surface area contributed by atoms with E-state index in [1.54, 1.807) is 7.11 Å². The maximum Gasteiger partial charge on any atom is 0.242 e. The van der Waals surface area contributed by atoms with Crippen molar-refractivity contribution in [3.63, 3.8) is 0 Å². The Labute approximate surface area is 190 Å². The molecule has 0 N–H and O–H groups in total. The second-order valence-electron chi connectivity index (χ2n) is 7.73. The smallest absolute Gasteiger partial charge is 0.242 e. The molecule has 170 valence electrons. The van der Waals surface area contributed by atoms with Crippen LogP contribution in [0.4, 0.5) is 0 Å². The zero-order chi connectivity index (χ0) is 22.6. The van der Waals surface area contributed by atoms with Gasteiger partial charge in [0.15, 0.2) is 0 Å². The zero-order valence-corrected chi connectivity index (χ0v) is 19.6. The number of halogens is 1. The number of hydrogen-bond acceptors (Lipinski definition) is 3. The van der Waals surface area contributed by atoms with E-state index >= 15 is 0 Å². The number of carbonyl (C=O) groups excluding carboxylic acids is 2. The molecular weight excluding hydrogens is 414 g/mol. The third-order valence-corrected chi connectivity index (χ3v) is 5.43. The van der Waals surface area contributed by atoms with Crippen LogP contribution in [0.1, 0.15) is 36.6 Å². The highest BCUT2D eigenvalue weighted by Crippen LogP contribution is 2.13. The molecule has 0 saturated heterocycles. The number of aryl methyl sites for hydroxylation is 1. The molecule has 0 aliphatic heterocycles. The van der Waals surface area contributed by atoms with Crippen LogP contribution in [-0.4, -0.2) is 65.4 Å². The van der Waals surface area contributed by atoms with Gasteiger partial charge in [0.2, 0.25) is 11.8 Å². The molecule has 6 nitrogen and oxygen atoms in total. The lowest BCUT2D eigenvalue weighted by molar-refractivity contribution is -0.140. The van der Waals surface area contributed by atoms with Crippen LogP contribution in [0.15, 0.2) is 42.6 Å². The van der Waals surface area contributed by atoms with E-state index < -0.39 is 0 Å². The van der Waals surface area contributed by atoms with E-state index in [4.69, 9.17) is 16.3 Å². The monoisotopic (exact) mass is 447 g/mol. The van der Waals surface area contributed by atoms with Crippen molar-refractivity contribution in [3.8, 4) is 0 Å². The topological polar surface area (TPSA) is 54.8 Å². The number of rotatable bonds is 13. The number of amides is 2. The summed E-state index contributed by atoms with van der Waals surface area (Å²) in [6.07, 6.45) is 3.94. The maximum absolute atomic E-state index is 13.1. The van der Waals surface area contributed by atoms with E-state index in [0.29, 0.717) is 26.2 Å². The average molecular weight is 448 g/mol. The van der Waals surface area contributed by atoms with Crippen LogP contribution in [0.3, 0.4) is 0 Å². The lowest BCUT2D eigenvalue weighted by Crippen LogP contribution is -2.44. The minimum absolute atomic E-state index is 0.0111. The quantitative estimate of drug-likeness (QED) is 0.440. The van der Waals surface area contributed by atoms with Crippen LogP contribution in [0.2, 0.25) is 0 Å². The Kier molecular flexibility index (Phi) is 10.6. The molecule has 2 rings (SSSR count). The lowest BCUT2D eigenvalue weighted by Gasteiger charge is -2.28. The summed E-state index contributed by atoms with van der Waals surface area (Å²) in [5, 5.41) is 0. The highest BCUT2D eigenvalue weighted by atomic mass is 35.5. The van der Waals surface area contributed by atoms with Crippen molar-refractivity contribution in [2.24, 2.45) is 0 Å². The predicted octanol–water partition coefficient (Wildman–Crippen LogP) is 3.69. The fourth-order valence-electron chi connectivity index (χ4n) is 3.43. The van der Waals surface area contributed by atoms with Crippen LogP contribution >= 0.6 is 11.6 Å². The standard InChI is InChI=1S/C24H34ClN3O3/c1-4-5-11-27(24(30)19-28(13-14-31-3)23(29)16-25)18-22-10-7-12-26(22)17-21-9-6-8-20(2)15-21/h6-10,12,15H,4-5,11,13-14,16-19H2,1-3H3. The van der Waals surface area contributed by atoms with Crippen molar-refractivity contribution in [2.75, 3.05) is 39.2 Å².